The van der Waals surface area contributed by atoms with Crippen LogP contribution in [0.15, 0.2) is 23.0 Å². The number of nitrogens with two attached hydrogens (primary N) is 1. The zero-order valence-corrected chi connectivity index (χ0v) is 17.9. The third kappa shape index (κ3) is 3.07. The van der Waals surface area contributed by atoms with Crippen LogP contribution in [0.2, 0.25) is 0 Å². The van der Waals surface area contributed by atoms with Crippen molar-refractivity contribution in [2.45, 2.75) is 25.0 Å². The van der Waals surface area contributed by atoms with Crippen LogP contribution in [-0.2, 0) is 16.0 Å². The fourth-order valence-electron chi connectivity index (χ4n) is 5.55. The number of aromatic carboxylic acids is 1. The summed E-state index contributed by atoms with van der Waals surface area (Å²) < 4.78 is 0. The maximum atomic E-state index is 13.5. The summed E-state index contributed by atoms with van der Waals surface area (Å²) in [4.78, 5) is 38.5. The standard InChI is InChI=1S/C22H24N2O9/c1-24(2)11-6-10(21(30)31)17(26)14-9(11)4-7-3-8-5-12(25)16(20(23)29)22(32,33)15(8)19(28)13(7)18(14)27/h6-8,15,25-27,32-33H,3-5H2,1-2H3,(H2,23,29)(H,30,31). The Morgan fingerprint density at radius 1 is 1.15 bits per heavy atom. The van der Waals surface area contributed by atoms with Crippen molar-refractivity contribution in [1.82, 2.24) is 0 Å². The molecule has 0 aliphatic heterocycles. The van der Waals surface area contributed by atoms with Gasteiger partial charge in [0, 0.05) is 31.8 Å². The molecule has 1 fully saturated rings. The number of carbonyl (C=O) groups is 3. The number of Topliss-reactive ketones (excluding diaryl/α,β-unsaturated/α-hetero) is 1. The van der Waals surface area contributed by atoms with E-state index in [4.69, 9.17) is 5.73 Å². The van der Waals surface area contributed by atoms with Crippen molar-refractivity contribution in [3.05, 3.63) is 39.7 Å². The van der Waals surface area contributed by atoms with Gasteiger partial charge in [0.15, 0.2) is 5.78 Å². The maximum absolute atomic E-state index is 13.5. The van der Waals surface area contributed by atoms with Gasteiger partial charge in [-0.05, 0) is 36.3 Å². The van der Waals surface area contributed by atoms with Gasteiger partial charge in [-0.25, -0.2) is 4.79 Å². The fraction of sp³-hybridized carbons (Fsp3) is 0.409. The fourth-order valence-corrected chi connectivity index (χ4v) is 5.55. The van der Waals surface area contributed by atoms with Crippen LogP contribution in [0.25, 0.3) is 5.76 Å². The van der Waals surface area contributed by atoms with Crippen LogP contribution in [0.5, 0.6) is 5.75 Å². The first-order valence-electron chi connectivity index (χ1n) is 10.2. The third-order valence-electron chi connectivity index (χ3n) is 6.85. The topological polar surface area (TPSA) is 202 Å². The molecular weight excluding hydrogens is 436 g/mol. The first kappa shape index (κ1) is 22.6. The molecular formula is C22H24N2O9. The van der Waals surface area contributed by atoms with E-state index < -0.39 is 69.6 Å². The minimum atomic E-state index is -3.06. The van der Waals surface area contributed by atoms with Gasteiger partial charge in [-0.15, -0.1) is 0 Å². The number of phenols is 1. The highest BCUT2D eigenvalue weighted by Gasteiger charge is 2.58. The Hall–Kier alpha value is -3.57. The van der Waals surface area contributed by atoms with Gasteiger partial charge in [0.2, 0.25) is 5.79 Å². The van der Waals surface area contributed by atoms with E-state index in [1.807, 2.05) is 0 Å². The molecule has 0 bridgehead atoms. The maximum Gasteiger partial charge on any atom is 0.339 e. The van der Waals surface area contributed by atoms with Crippen LogP contribution in [0, 0.1) is 17.8 Å². The van der Waals surface area contributed by atoms with E-state index in [2.05, 4.69) is 0 Å². The number of rotatable bonds is 3. The Labute approximate surface area is 187 Å². The van der Waals surface area contributed by atoms with E-state index in [9.17, 15) is 45.0 Å². The predicted octanol–water partition coefficient (Wildman–Crippen LogP) is 0.185. The number of aromatic hydroxyl groups is 1. The highest BCUT2D eigenvalue weighted by Crippen LogP contribution is 2.54. The number of hydrogen-bond donors (Lipinski definition) is 7. The molecule has 0 saturated heterocycles. The number of ketones is 1. The number of amides is 1. The Kier molecular flexibility index (Phi) is 4.95. The molecule has 3 aliphatic carbocycles. The number of fused-ring (bicyclic) bond motifs is 3. The Balaban J connectivity index is 1.94. The summed E-state index contributed by atoms with van der Waals surface area (Å²) in [6.45, 7) is 0. The van der Waals surface area contributed by atoms with Crippen LogP contribution < -0.4 is 10.6 Å². The molecule has 8 N–H and O–H groups in total. The molecule has 11 nitrogen and oxygen atoms in total. The molecule has 3 unspecified atom stereocenters. The molecule has 0 spiro atoms. The molecule has 0 heterocycles. The molecule has 176 valence electrons. The second-order valence-corrected chi connectivity index (χ2v) is 8.96. The van der Waals surface area contributed by atoms with Crippen molar-refractivity contribution < 1.29 is 45.0 Å². The molecule has 4 rings (SSSR count). The number of aliphatic hydroxyl groups excluding tert-OH is 2. The van der Waals surface area contributed by atoms with Crippen molar-refractivity contribution in [2.24, 2.45) is 23.5 Å². The van der Waals surface area contributed by atoms with E-state index >= 15 is 0 Å². The van der Waals surface area contributed by atoms with Crippen LogP contribution in [0.4, 0.5) is 5.69 Å². The van der Waals surface area contributed by atoms with Gasteiger partial charge < -0.3 is 41.3 Å². The zero-order chi connectivity index (χ0) is 24.6. The Bertz CT molecular complexity index is 1180. The van der Waals surface area contributed by atoms with Gasteiger partial charge in [-0.3, -0.25) is 9.59 Å². The zero-order valence-electron chi connectivity index (χ0n) is 17.9. The van der Waals surface area contributed by atoms with Crippen molar-refractivity contribution in [2.75, 3.05) is 19.0 Å². The summed E-state index contributed by atoms with van der Waals surface area (Å²) >= 11 is 0. The number of carboxylic acid groups (broad SMARTS) is 1. The van der Waals surface area contributed by atoms with Gasteiger partial charge in [-0.1, -0.05) is 0 Å². The summed E-state index contributed by atoms with van der Waals surface area (Å²) in [6.07, 6.45) is 0.128. The van der Waals surface area contributed by atoms with Gasteiger partial charge in [0.05, 0.1) is 11.5 Å². The summed E-state index contributed by atoms with van der Waals surface area (Å²) in [6, 6.07) is 1.28. The monoisotopic (exact) mass is 460 g/mol. The van der Waals surface area contributed by atoms with Gasteiger partial charge in [0.25, 0.3) is 5.91 Å². The number of primary amides is 1. The highest BCUT2D eigenvalue weighted by atomic mass is 16.5. The number of allylic oxidation sites excluding steroid dienone is 2. The van der Waals surface area contributed by atoms with Crippen molar-refractivity contribution in [3.8, 4) is 5.75 Å². The van der Waals surface area contributed by atoms with Gasteiger partial charge in [-0.2, -0.15) is 0 Å². The minimum absolute atomic E-state index is 0.154. The van der Waals surface area contributed by atoms with Gasteiger partial charge >= 0.3 is 5.97 Å². The predicted molar refractivity (Wildman–Crippen MR) is 113 cm³/mol. The number of carbonyl (C=O) groups excluding carboxylic acids is 2. The first-order valence-corrected chi connectivity index (χ1v) is 10.2. The molecule has 1 amide bonds. The smallest absolute Gasteiger partial charge is 0.339 e. The molecule has 1 aromatic rings. The lowest BCUT2D eigenvalue weighted by atomic mass is 9.59. The quantitative estimate of drug-likeness (QED) is 0.305. The number of hydrogen-bond acceptors (Lipinski definition) is 9. The van der Waals surface area contributed by atoms with Crippen LogP contribution in [0.1, 0.15) is 34.3 Å². The summed E-state index contributed by atoms with van der Waals surface area (Å²) in [5, 5.41) is 62.8. The summed E-state index contributed by atoms with van der Waals surface area (Å²) in [5.41, 5.74) is 4.32. The second kappa shape index (κ2) is 7.22. The van der Waals surface area contributed by atoms with Crippen LogP contribution in [0.3, 0.4) is 0 Å². The van der Waals surface area contributed by atoms with Crippen molar-refractivity contribution in [1.29, 1.82) is 0 Å². The van der Waals surface area contributed by atoms with E-state index in [0.717, 1.165) is 0 Å². The SMILES string of the molecule is CN(C)c1cc(C(=O)O)c(O)c2c1CC1CC3CC(O)=C(C(N)=O)C(O)(O)C3C(=O)C1=C2O. The Morgan fingerprint density at radius 3 is 2.33 bits per heavy atom. The van der Waals surface area contributed by atoms with E-state index in [1.54, 1.807) is 19.0 Å². The average molecular weight is 460 g/mol. The summed E-state index contributed by atoms with van der Waals surface area (Å²) in [5.74, 6) is -11.6. The number of carboxylic acids is 1. The normalized spacial score (nSPS) is 25.8. The summed E-state index contributed by atoms with van der Waals surface area (Å²) in [7, 11) is 3.33. The molecule has 33 heavy (non-hydrogen) atoms. The lowest BCUT2D eigenvalue weighted by Gasteiger charge is -2.47. The molecule has 0 aromatic heterocycles. The molecule has 3 atom stereocenters. The molecule has 1 saturated carbocycles. The number of aliphatic hydroxyl groups is 4. The number of nitrogens with zero attached hydrogens (tertiary/aromatic N) is 1. The minimum Gasteiger partial charge on any atom is -0.512 e. The highest BCUT2D eigenvalue weighted by molar-refractivity contribution is 6.08. The van der Waals surface area contributed by atoms with Crippen LogP contribution >= 0.6 is 0 Å². The lowest BCUT2D eigenvalue weighted by Crippen LogP contribution is -2.57. The lowest BCUT2D eigenvalue weighted by molar-refractivity contribution is -0.197. The van der Waals surface area contributed by atoms with Gasteiger partial charge in [0.1, 0.15) is 28.4 Å². The Morgan fingerprint density at radius 2 is 1.79 bits per heavy atom. The molecule has 0 radical (unpaired) electrons. The molecule has 11 heteroatoms. The average Bonchev–Trinajstić information content (AvgIpc) is 2.65. The van der Waals surface area contributed by atoms with Crippen molar-refractivity contribution in [3.63, 3.8) is 0 Å². The van der Waals surface area contributed by atoms with E-state index in [1.165, 1.54) is 6.07 Å². The van der Waals surface area contributed by atoms with Crippen molar-refractivity contribution >= 4 is 29.1 Å². The molecule has 3 aliphatic rings. The van der Waals surface area contributed by atoms with E-state index in [0.29, 0.717) is 11.3 Å². The molecule has 1 aromatic carbocycles. The number of anilines is 1. The first-order chi connectivity index (χ1) is 15.3. The number of benzene rings is 1. The van der Waals surface area contributed by atoms with E-state index in [-0.39, 0.29) is 30.4 Å². The largest absolute Gasteiger partial charge is 0.512 e. The van der Waals surface area contributed by atoms with Crippen LogP contribution in [-0.4, -0.2) is 68.2 Å². The third-order valence-corrected chi connectivity index (χ3v) is 6.85. The second-order valence-electron chi connectivity index (χ2n) is 8.96.